The zero-order chi connectivity index (χ0) is 14.9. The number of rotatable bonds is 6. The monoisotopic (exact) mass is 352 g/mol. The SMILES string of the molecule is N[C@@H](CC(=O)O)C(=O)[O-].N[C@@H](CC(=O)O)C(=O)[O-].[Mg+2].[Zn]. The Labute approximate surface area is 142 Å². The molecule has 0 rings (SSSR count). The Balaban J connectivity index is -0.000000116. The van der Waals surface area contributed by atoms with E-state index >= 15 is 0 Å². The van der Waals surface area contributed by atoms with E-state index in [0.29, 0.717) is 0 Å². The molecule has 0 aromatic rings. The topological polar surface area (TPSA) is 207 Å². The van der Waals surface area contributed by atoms with Gasteiger partial charge in [-0.1, -0.05) is 0 Å². The summed E-state index contributed by atoms with van der Waals surface area (Å²) in [4.78, 5) is 39.0. The second-order valence-corrected chi connectivity index (χ2v) is 3.05. The van der Waals surface area contributed by atoms with Gasteiger partial charge in [0.25, 0.3) is 0 Å². The number of carbonyl (C=O) groups excluding carboxylic acids is 2. The summed E-state index contributed by atoms with van der Waals surface area (Å²) in [7, 11) is 0. The van der Waals surface area contributed by atoms with Gasteiger partial charge >= 0.3 is 35.0 Å². The molecule has 0 aromatic carbocycles. The van der Waals surface area contributed by atoms with E-state index in [1.807, 2.05) is 0 Å². The number of hydrogen-bond acceptors (Lipinski definition) is 8. The van der Waals surface area contributed by atoms with E-state index in [1.54, 1.807) is 0 Å². The van der Waals surface area contributed by atoms with Crippen LogP contribution in [-0.2, 0) is 38.7 Å². The molecule has 12 heteroatoms. The maximum atomic E-state index is 9.74. The number of nitrogens with two attached hydrogens (primary N) is 2. The molecule has 0 heterocycles. The first-order chi connectivity index (χ1) is 8.07. The molecular formula is C8H12MgN2O8Zn. The number of carboxylic acids is 4. The Kier molecular flexibility index (Phi) is 20.1. The van der Waals surface area contributed by atoms with Gasteiger partial charge in [0.15, 0.2) is 0 Å². The van der Waals surface area contributed by atoms with Crippen molar-refractivity contribution in [3.63, 3.8) is 0 Å². The number of carbonyl (C=O) groups is 4. The number of aliphatic carboxylic acids is 4. The van der Waals surface area contributed by atoms with Gasteiger partial charge in [0.1, 0.15) is 0 Å². The molecule has 10 nitrogen and oxygen atoms in total. The summed E-state index contributed by atoms with van der Waals surface area (Å²) in [5, 5.41) is 35.4. The third-order valence-corrected chi connectivity index (χ3v) is 1.39. The Hall–Kier alpha value is -0.810. The third kappa shape index (κ3) is 19.5. The van der Waals surface area contributed by atoms with Crippen LogP contribution in [0.1, 0.15) is 12.8 Å². The van der Waals surface area contributed by atoms with Crippen molar-refractivity contribution in [1.29, 1.82) is 0 Å². The Morgan fingerprint density at radius 3 is 1.10 bits per heavy atom. The maximum absolute atomic E-state index is 9.74. The third-order valence-electron chi connectivity index (χ3n) is 1.39. The van der Waals surface area contributed by atoms with Gasteiger partial charge < -0.3 is 41.5 Å². The first kappa shape index (κ1) is 27.5. The molecule has 0 aliphatic carbocycles. The van der Waals surface area contributed by atoms with Crippen molar-refractivity contribution < 1.29 is 59.1 Å². The van der Waals surface area contributed by atoms with Crippen molar-refractivity contribution in [1.82, 2.24) is 0 Å². The second-order valence-electron chi connectivity index (χ2n) is 3.05. The normalized spacial score (nSPS) is 11.3. The van der Waals surface area contributed by atoms with Crippen molar-refractivity contribution >= 4 is 46.9 Å². The Morgan fingerprint density at radius 1 is 0.850 bits per heavy atom. The number of carboxylic acid groups (broad SMARTS) is 4. The fraction of sp³-hybridized carbons (Fsp3) is 0.500. The molecule has 0 amide bonds. The molecule has 0 aliphatic rings. The molecule has 6 N–H and O–H groups in total. The van der Waals surface area contributed by atoms with E-state index < -0.39 is 48.8 Å². The van der Waals surface area contributed by atoms with Crippen LogP contribution in [0.15, 0.2) is 0 Å². The van der Waals surface area contributed by atoms with E-state index in [0.717, 1.165) is 0 Å². The van der Waals surface area contributed by atoms with Gasteiger partial charge in [-0.15, -0.1) is 0 Å². The quantitative estimate of drug-likeness (QED) is 0.333. The van der Waals surface area contributed by atoms with Gasteiger partial charge in [-0.3, -0.25) is 9.59 Å². The molecular weight excluding hydrogens is 342 g/mol. The summed E-state index contributed by atoms with van der Waals surface area (Å²) >= 11 is 0. The zero-order valence-electron chi connectivity index (χ0n) is 10.5. The average molecular weight is 354 g/mol. The van der Waals surface area contributed by atoms with Crippen LogP contribution in [0.3, 0.4) is 0 Å². The first-order valence-electron chi connectivity index (χ1n) is 4.44. The van der Waals surface area contributed by atoms with Crippen molar-refractivity contribution in [3.8, 4) is 0 Å². The van der Waals surface area contributed by atoms with E-state index in [2.05, 4.69) is 0 Å². The molecule has 0 spiro atoms. The minimum absolute atomic E-state index is 0. The summed E-state index contributed by atoms with van der Waals surface area (Å²) < 4.78 is 0. The molecule has 0 unspecified atom stereocenters. The van der Waals surface area contributed by atoms with E-state index in [-0.39, 0.29) is 42.5 Å². The van der Waals surface area contributed by atoms with Crippen molar-refractivity contribution in [2.75, 3.05) is 0 Å². The van der Waals surface area contributed by atoms with E-state index in [4.69, 9.17) is 21.7 Å². The summed E-state index contributed by atoms with van der Waals surface area (Å²) in [6.45, 7) is 0. The van der Waals surface area contributed by atoms with Gasteiger partial charge in [-0.25, -0.2) is 0 Å². The van der Waals surface area contributed by atoms with E-state index in [1.165, 1.54) is 0 Å². The van der Waals surface area contributed by atoms with Crippen LogP contribution < -0.4 is 21.7 Å². The van der Waals surface area contributed by atoms with Gasteiger partial charge in [-0.2, -0.15) is 0 Å². The Bertz CT molecular complexity index is 308. The molecule has 0 aromatic heterocycles. The standard InChI is InChI=1S/2C4H7NO4.Mg.Zn/c2*5-2(4(8)9)1-3(6)7;;/h2*2H,1,5H2,(H,6,7)(H,8,9);;/q;;+2;/p-2/t2*2-;;/m00../s1. The molecule has 20 heavy (non-hydrogen) atoms. The average Bonchev–Trinajstić information content (AvgIpc) is 2.16. The van der Waals surface area contributed by atoms with Gasteiger partial charge in [0, 0.05) is 19.5 Å². The van der Waals surface area contributed by atoms with Crippen LogP contribution in [0.2, 0.25) is 0 Å². The summed E-state index contributed by atoms with van der Waals surface area (Å²) in [5.74, 6) is -5.58. The molecule has 0 saturated carbocycles. The smallest absolute Gasteiger partial charge is 0.548 e. The van der Waals surface area contributed by atoms with Crippen LogP contribution in [0.4, 0.5) is 0 Å². The minimum Gasteiger partial charge on any atom is -0.548 e. The zero-order valence-corrected chi connectivity index (χ0v) is 14.9. The van der Waals surface area contributed by atoms with Crippen molar-refractivity contribution in [3.05, 3.63) is 0 Å². The molecule has 0 fully saturated rings. The summed E-state index contributed by atoms with van der Waals surface area (Å²) in [6, 6.07) is -2.80. The summed E-state index contributed by atoms with van der Waals surface area (Å²) in [5.41, 5.74) is 9.55. The Morgan fingerprint density at radius 2 is 1.05 bits per heavy atom. The predicted octanol–water partition coefficient (Wildman–Crippen LogP) is -5.31. The van der Waals surface area contributed by atoms with E-state index in [9.17, 15) is 29.4 Å². The van der Waals surface area contributed by atoms with Crippen LogP contribution in [0.25, 0.3) is 0 Å². The molecule has 0 bridgehead atoms. The molecule has 0 aliphatic heterocycles. The van der Waals surface area contributed by atoms with Crippen LogP contribution >= 0.6 is 0 Å². The van der Waals surface area contributed by atoms with Crippen molar-refractivity contribution in [2.45, 2.75) is 24.9 Å². The molecule has 2 atom stereocenters. The van der Waals surface area contributed by atoms with Crippen LogP contribution in [-0.4, -0.2) is 69.2 Å². The van der Waals surface area contributed by atoms with Crippen LogP contribution in [0.5, 0.6) is 0 Å². The first-order valence-corrected chi connectivity index (χ1v) is 4.44. The minimum atomic E-state index is -1.54. The van der Waals surface area contributed by atoms with Crippen LogP contribution in [0, 0.1) is 0 Å². The second kappa shape index (κ2) is 14.6. The predicted molar refractivity (Wildman–Crippen MR) is 56.2 cm³/mol. The molecule has 0 radical (unpaired) electrons. The molecule has 0 saturated heterocycles. The summed E-state index contributed by atoms with van der Waals surface area (Å²) in [6.07, 6.45) is -1.19. The van der Waals surface area contributed by atoms with Gasteiger partial charge in [-0.05, 0) is 0 Å². The van der Waals surface area contributed by atoms with Crippen molar-refractivity contribution in [2.24, 2.45) is 11.5 Å². The molecule has 106 valence electrons. The fourth-order valence-corrected chi connectivity index (χ4v) is 0.543. The van der Waals surface area contributed by atoms with Gasteiger partial charge in [0.2, 0.25) is 0 Å². The van der Waals surface area contributed by atoms with Gasteiger partial charge in [0.05, 0.1) is 36.9 Å². The maximum Gasteiger partial charge on any atom is 2.00 e. The fourth-order valence-electron chi connectivity index (χ4n) is 0.543. The largest absolute Gasteiger partial charge is 2.00 e. The number of hydrogen-bond donors (Lipinski definition) is 4.